The highest BCUT2D eigenvalue weighted by Gasteiger charge is 2.07. The maximum atomic E-state index is 8.58. The van der Waals surface area contributed by atoms with E-state index in [-0.39, 0.29) is 0 Å². The molecule has 1 aromatic carbocycles. The van der Waals surface area contributed by atoms with Crippen LogP contribution >= 0.6 is 0 Å². The number of aryl methyl sites for hydroxylation is 1. The lowest BCUT2D eigenvalue weighted by Crippen LogP contribution is -1.99. The SMILES string of the molecule is CCOc1cc(C)c(OCC)c(C=CC#N)c1. The zero-order valence-corrected chi connectivity index (χ0v) is 10.5. The average Bonchev–Trinajstić information content (AvgIpc) is 2.31. The van der Waals surface area contributed by atoms with Crippen LogP contribution in [-0.2, 0) is 0 Å². The molecule has 90 valence electrons. The number of ether oxygens (including phenoxy) is 2. The molecule has 0 N–H and O–H groups in total. The number of hydrogen-bond acceptors (Lipinski definition) is 3. The molecular formula is C14H17NO2. The summed E-state index contributed by atoms with van der Waals surface area (Å²) in [5.74, 6) is 1.61. The molecule has 0 heterocycles. The van der Waals surface area contributed by atoms with E-state index in [1.165, 1.54) is 6.08 Å². The van der Waals surface area contributed by atoms with E-state index in [1.54, 1.807) is 6.08 Å². The molecule has 0 fully saturated rings. The lowest BCUT2D eigenvalue weighted by atomic mass is 10.1. The smallest absolute Gasteiger partial charge is 0.129 e. The van der Waals surface area contributed by atoms with Gasteiger partial charge in [0.1, 0.15) is 11.5 Å². The molecule has 0 aliphatic carbocycles. The fourth-order valence-corrected chi connectivity index (χ4v) is 1.61. The summed E-state index contributed by atoms with van der Waals surface area (Å²) in [6.45, 7) is 7.07. The Bertz CT molecular complexity index is 444. The zero-order chi connectivity index (χ0) is 12.7. The summed E-state index contributed by atoms with van der Waals surface area (Å²) in [5, 5.41) is 8.58. The van der Waals surface area contributed by atoms with Crippen LogP contribution in [0, 0.1) is 18.3 Å². The molecule has 0 aliphatic rings. The monoisotopic (exact) mass is 231 g/mol. The van der Waals surface area contributed by atoms with Gasteiger partial charge in [0.15, 0.2) is 0 Å². The number of benzene rings is 1. The van der Waals surface area contributed by atoms with E-state index in [9.17, 15) is 0 Å². The van der Waals surface area contributed by atoms with E-state index in [0.717, 1.165) is 22.6 Å². The fraction of sp³-hybridized carbons (Fsp3) is 0.357. The van der Waals surface area contributed by atoms with Gasteiger partial charge in [-0.15, -0.1) is 0 Å². The number of allylic oxidation sites excluding steroid dienone is 1. The summed E-state index contributed by atoms with van der Waals surface area (Å²) in [6, 6.07) is 5.81. The fourth-order valence-electron chi connectivity index (χ4n) is 1.61. The largest absolute Gasteiger partial charge is 0.494 e. The molecular weight excluding hydrogens is 214 g/mol. The summed E-state index contributed by atoms with van der Waals surface area (Å²) in [7, 11) is 0. The number of rotatable bonds is 5. The van der Waals surface area contributed by atoms with E-state index in [2.05, 4.69) is 0 Å². The minimum atomic E-state index is 0.599. The van der Waals surface area contributed by atoms with Gasteiger partial charge in [-0.3, -0.25) is 0 Å². The van der Waals surface area contributed by atoms with Crippen molar-refractivity contribution in [2.24, 2.45) is 0 Å². The normalized spacial score (nSPS) is 10.2. The van der Waals surface area contributed by atoms with Crippen LogP contribution in [0.4, 0.5) is 0 Å². The first kappa shape index (κ1) is 13.1. The van der Waals surface area contributed by atoms with Gasteiger partial charge in [0.2, 0.25) is 0 Å². The van der Waals surface area contributed by atoms with E-state index in [0.29, 0.717) is 13.2 Å². The zero-order valence-electron chi connectivity index (χ0n) is 10.5. The molecule has 0 amide bonds. The van der Waals surface area contributed by atoms with Crippen molar-refractivity contribution in [1.82, 2.24) is 0 Å². The second kappa shape index (κ2) is 6.59. The maximum Gasteiger partial charge on any atom is 0.129 e. The first-order valence-corrected chi connectivity index (χ1v) is 5.69. The van der Waals surface area contributed by atoms with Gasteiger partial charge < -0.3 is 9.47 Å². The van der Waals surface area contributed by atoms with Gasteiger partial charge in [-0.1, -0.05) is 0 Å². The second-order valence-corrected chi connectivity index (χ2v) is 3.49. The average molecular weight is 231 g/mol. The van der Waals surface area contributed by atoms with Crippen molar-refractivity contribution in [3.05, 3.63) is 29.3 Å². The lowest BCUT2D eigenvalue weighted by Gasteiger charge is -2.13. The lowest BCUT2D eigenvalue weighted by molar-refractivity contribution is 0.328. The summed E-state index contributed by atoms with van der Waals surface area (Å²) < 4.78 is 11.0. The Morgan fingerprint density at radius 2 is 1.94 bits per heavy atom. The van der Waals surface area contributed by atoms with Crippen LogP contribution in [-0.4, -0.2) is 13.2 Å². The van der Waals surface area contributed by atoms with Crippen LogP contribution < -0.4 is 9.47 Å². The summed E-state index contributed by atoms with van der Waals surface area (Å²) in [5.41, 5.74) is 1.88. The standard InChI is InChI=1S/C14H17NO2/c1-4-16-13-9-11(3)14(17-5-2)12(10-13)7-6-8-15/h6-7,9-10H,4-5H2,1-3H3. The Labute approximate surface area is 102 Å². The van der Waals surface area contributed by atoms with Crippen LogP contribution in [0.3, 0.4) is 0 Å². The van der Waals surface area contributed by atoms with Crippen molar-refractivity contribution < 1.29 is 9.47 Å². The van der Waals surface area contributed by atoms with Gasteiger partial charge in [-0.25, -0.2) is 0 Å². The molecule has 3 nitrogen and oxygen atoms in total. The minimum Gasteiger partial charge on any atom is -0.494 e. The van der Waals surface area contributed by atoms with Crippen LogP contribution in [0.1, 0.15) is 25.0 Å². The van der Waals surface area contributed by atoms with Crippen molar-refractivity contribution in [1.29, 1.82) is 5.26 Å². The van der Waals surface area contributed by atoms with Gasteiger partial charge in [-0.2, -0.15) is 5.26 Å². The highest BCUT2D eigenvalue weighted by molar-refractivity contribution is 5.63. The van der Waals surface area contributed by atoms with Gasteiger partial charge in [-0.05, 0) is 44.5 Å². The molecule has 0 aliphatic heterocycles. The van der Waals surface area contributed by atoms with E-state index in [1.807, 2.05) is 39.0 Å². The highest BCUT2D eigenvalue weighted by atomic mass is 16.5. The quantitative estimate of drug-likeness (QED) is 0.730. The van der Waals surface area contributed by atoms with E-state index < -0.39 is 0 Å². The molecule has 0 aromatic heterocycles. The van der Waals surface area contributed by atoms with Gasteiger partial charge >= 0.3 is 0 Å². The summed E-state index contributed by atoms with van der Waals surface area (Å²) in [4.78, 5) is 0. The van der Waals surface area contributed by atoms with Crippen molar-refractivity contribution in [3.8, 4) is 17.6 Å². The third-order valence-corrected chi connectivity index (χ3v) is 2.21. The van der Waals surface area contributed by atoms with Crippen molar-refractivity contribution in [2.75, 3.05) is 13.2 Å². The Balaban J connectivity index is 3.19. The maximum absolute atomic E-state index is 8.58. The van der Waals surface area contributed by atoms with Gasteiger partial charge in [0.25, 0.3) is 0 Å². The van der Waals surface area contributed by atoms with Gasteiger partial charge in [0.05, 0.1) is 19.3 Å². The van der Waals surface area contributed by atoms with Crippen molar-refractivity contribution in [2.45, 2.75) is 20.8 Å². The van der Waals surface area contributed by atoms with Gasteiger partial charge in [0, 0.05) is 11.6 Å². The number of hydrogen-bond donors (Lipinski definition) is 0. The Hall–Kier alpha value is -1.95. The van der Waals surface area contributed by atoms with Crippen LogP contribution in [0.2, 0.25) is 0 Å². The molecule has 0 atom stereocenters. The predicted molar refractivity (Wildman–Crippen MR) is 68.2 cm³/mol. The predicted octanol–water partition coefficient (Wildman–Crippen LogP) is 3.33. The van der Waals surface area contributed by atoms with Crippen molar-refractivity contribution in [3.63, 3.8) is 0 Å². The topological polar surface area (TPSA) is 42.2 Å². The van der Waals surface area contributed by atoms with Crippen LogP contribution in [0.15, 0.2) is 18.2 Å². The molecule has 3 heteroatoms. The minimum absolute atomic E-state index is 0.599. The van der Waals surface area contributed by atoms with Crippen molar-refractivity contribution >= 4 is 6.08 Å². The third-order valence-electron chi connectivity index (χ3n) is 2.21. The van der Waals surface area contributed by atoms with E-state index >= 15 is 0 Å². The molecule has 0 saturated heterocycles. The molecule has 0 bridgehead atoms. The Morgan fingerprint density at radius 3 is 2.53 bits per heavy atom. The van der Waals surface area contributed by atoms with E-state index in [4.69, 9.17) is 14.7 Å². The highest BCUT2D eigenvalue weighted by Crippen LogP contribution is 2.30. The molecule has 17 heavy (non-hydrogen) atoms. The number of nitrogens with zero attached hydrogens (tertiary/aromatic N) is 1. The molecule has 0 unspecified atom stereocenters. The molecule has 0 radical (unpaired) electrons. The summed E-state index contributed by atoms with van der Waals surface area (Å²) in [6.07, 6.45) is 3.17. The first-order chi connectivity index (χ1) is 8.22. The molecule has 0 saturated carbocycles. The third kappa shape index (κ3) is 3.53. The second-order valence-electron chi connectivity index (χ2n) is 3.49. The number of nitriles is 1. The molecule has 1 rings (SSSR count). The molecule has 0 spiro atoms. The Kier molecular flexibility index (Phi) is 5.09. The molecule has 1 aromatic rings. The first-order valence-electron chi connectivity index (χ1n) is 5.69. The Morgan fingerprint density at radius 1 is 1.24 bits per heavy atom. The van der Waals surface area contributed by atoms with Crippen LogP contribution in [0.25, 0.3) is 6.08 Å². The summed E-state index contributed by atoms with van der Waals surface area (Å²) >= 11 is 0. The van der Waals surface area contributed by atoms with Crippen LogP contribution in [0.5, 0.6) is 11.5 Å².